The molecule has 0 radical (unpaired) electrons. The molecule has 110 valence electrons. The molecule has 3 N–H and O–H groups in total. The number of likely N-dealkylation sites (tertiary alicyclic amines) is 1. The number of hydrogen-bond acceptors (Lipinski definition) is 3. The van der Waals surface area contributed by atoms with E-state index in [0.29, 0.717) is 4.99 Å². The first-order valence-electron chi connectivity index (χ1n) is 7.13. The molecule has 1 heterocycles. The van der Waals surface area contributed by atoms with Crippen molar-refractivity contribution in [2.45, 2.75) is 39.5 Å². The van der Waals surface area contributed by atoms with E-state index >= 15 is 0 Å². The van der Waals surface area contributed by atoms with E-state index < -0.39 is 0 Å². The molecule has 1 aliphatic rings. The summed E-state index contributed by atoms with van der Waals surface area (Å²) in [4.78, 5) is 14.8. The van der Waals surface area contributed by atoms with E-state index in [4.69, 9.17) is 18.0 Å². The Morgan fingerprint density at radius 3 is 2.53 bits per heavy atom. The molecule has 1 aliphatic heterocycles. The summed E-state index contributed by atoms with van der Waals surface area (Å²) in [5, 5.41) is 3.05. The van der Waals surface area contributed by atoms with E-state index in [2.05, 4.69) is 24.2 Å². The number of nitrogens with two attached hydrogens (primary N) is 1. The summed E-state index contributed by atoms with van der Waals surface area (Å²) in [7, 11) is 2.14. The van der Waals surface area contributed by atoms with Crippen molar-refractivity contribution in [2.75, 3.05) is 26.7 Å². The van der Waals surface area contributed by atoms with Gasteiger partial charge in [0.15, 0.2) is 0 Å². The van der Waals surface area contributed by atoms with Gasteiger partial charge in [0, 0.05) is 6.54 Å². The van der Waals surface area contributed by atoms with Gasteiger partial charge in [-0.1, -0.05) is 32.5 Å². The Balaban J connectivity index is 2.46. The third-order valence-electron chi connectivity index (χ3n) is 4.12. The molecule has 1 saturated heterocycles. The van der Waals surface area contributed by atoms with E-state index in [1.807, 2.05) is 6.92 Å². The van der Waals surface area contributed by atoms with Crippen molar-refractivity contribution in [3.05, 3.63) is 0 Å². The van der Waals surface area contributed by atoms with Gasteiger partial charge in [0.2, 0.25) is 5.91 Å². The summed E-state index contributed by atoms with van der Waals surface area (Å²) < 4.78 is 0. The van der Waals surface area contributed by atoms with Gasteiger partial charge < -0.3 is 16.0 Å². The first-order valence-corrected chi connectivity index (χ1v) is 7.54. The van der Waals surface area contributed by atoms with Gasteiger partial charge in [0.05, 0.1) is 10.9 Å². The predicted molar refractivity (Wildman–Crippen MR) is 83.0 cm³/mol. The number of piperidine rings is 1. The Hall–Kier alpha value is -0.680. The zero-order chi connectivity index (χ0) is 14.5. The molecule has 1 rings (SSSR count). The van der Waals surface area contributed by atoms with Crippen molar-refractivity contribution in [1.82, 2.24) is 10.2 Å². The third-order valence-corrected chi connectivity index (χ3v) is 4.41. The molecule has 0 aliphatic carbocycles. The van der Waals surface area contributed by atoms with Crippen LogP contribution in [0.1, 0.15) is 39.5 Å². The molecule has 0 aromatic carbocycles. The molecular weight excluding hydrogens is 258 g/mol. The lowest BCUT2D eigenvalue weighted by molar-refractivity contribution is -0.123. The van der Waals surface area contributed by atoms with Crippen molar-refractivity contribution < 1.29 is 4.79 Å². The second-order valence-corrected chi connectivity index (χ2v) is 6.55. The molecule has 1 amide bonds. The molecule has 19 heavy (non-hydrogen) atoms. The highest BCUT2D eigenvalue weighted by Crippen LogP contribution is 2.29. The Labute approximate surface area is 122 Å². The molecule has 1 fully saturated rings. The summed E-state index contributed by atoms with van der Waals surface area (Å²) in [6.45, 7) is 7.20. The normalized spacial score (nSPS) is 20.8. The van der Waals surface area contributed by atoms with Crippen molar-refractivity contribution in [2.24, 2.45) is 17.1 Å². The number of rotatable bonds is 6. The Kier molecular flexibility index (Phi) is 6.20. The maximum atomic E-state index is 12.1. The van der Waals surface area contributed by atoms with Crippen LogP contribution < -0.4 is 11.1 Å². The fourth-order valence-corrected chi connectivity index (χ4v) is 2.67. The van der Waals surface area contributed by atoms with Gasteiger partial charge in [0.1, 0.15) is 0 Å². The van der Waals surface area contributed by atoms with Gasteiger partial charge in [-0.2, -0.15) is 0 Å². The fourth-order valence-electron chi connectivity index (χ4n) is 2.45. The van der Waals surface area contributed by atoms with Gasteiger partial charge in [-0.15, -0.1) is 0 Å². The van der Waals surface area contributed by atoms with Crippen molar-refractivity contribution >= 4 is 23.1 Å². The van der Waals surface area contributed by atoms with Crippen LogP contribution in [0.4, 0.5) is 0 Å². The summed E-state index contributed by atoms with van der Waals surface area (Å²) >= 11 is 4.98. The van der Waals surface area contributed by atoms with E-state index in [0.717, 1.165) is 45.3 Å². The summed E-state index contributed by atoms with van der Waals surface area (Å²) in [5.41, 5.74) is 5.85. The van der Waals surface area contributed by atoms with Crippen LogP contribution >= 0.6 is 12.2 Å². The zero-order valence-corrected chi connectivity index (χ0v) is 13.2. The first kappa shape index (κ1) is 16.4. The molecule has 1 unspecified atom stereocenters. The molecule has 5 heteroatoms. The van der Waals surface area contributed by atoms with Crippen molar-refractivity contribution in [3.63, 3.8) is 0 Å². The van der Waals surface area contributed by atoms with Crippen LogP contribution in [0.3, 0.4) is 0 Å². The minimum absolute atomic E-state index is 0.00509. The predicted octanol–water partition coefficient (Wildman–Crippen LogP) is 1.54. The topological polar surface area (TPSA) is 58.4 Å². The molecule has 4 nitrogen and oxygen atoms in total. The largest absolute Gasteiger partial charge is 0.393 e. The molecule has 0 bridgehead atoms. The average molecular weight is 285 g/mol. The lowest BCUT2D eigenvalue weighted by Gasteiger charge is -2.38. The highest BCUT2D eigenvalue weighted by Gasteiger charge is 2.30. The first-order chi connectivity index (χ1) is 8.88. The molecule has 0 aromatic heterocycles. The lowest BCUT2D eigenvalue weighted by Crippen LogP contribution is -2.46. The average Bonchev–Trinajstić information content (AvgIpc) is 2.37. The van der Waals surface area contributed by atoms with E-state index in [-0.39, 0.29) is 17.2 Å². The van der Waals surface area contributed by atoms with Crippen LogP contribution in [0, 0.1) is 11.3 Å². The van der Waals surface area contributed by atoms with Gasteiger partial charge in [-0.25, -0.2) is 0 Å². The highest BCUT2D eigenvalue weighted by atomic mass is 32.1. The SMILES string of the molecule is CCCC(C(=O)NCC1(C)CCN(C)CC1)C(N)=S. The Bertz CT molecular complexity index is 325. The minimum Gasteiger partial charge on any atom is -0.393 e. The number of hydrogen-bond donors (Lipinski definition) is 2. The van der Waals surface area contributed by atoms with E-state index in [9.17, 15) is 4.79 Å². The lowest BCUT2D eigenvalue weighted by atomic mass is 9.80. The van der Waals surface area contributed by atoms with Crippen LogP contribution in [0.2, 0.25) is 0 Å². The van der Waals surface area contributed by atoms with Gasteiger partial charge >= 0.3 is 0 Å². The van der Waals surface area contributed by atoms with E-state index in [1.54, 1.807) is 0 Å². The summed E-state index contributed by atoms with van der Waals surface area (Å²) in [5.74, 6) is -0.315. The van der Waals surface area contributed by atoms with Crippen LogP contribution in [-0.2, 0) is 4.79 Å². The smallest absolute Gasteiger partial charge is 0.229 e. The summed E-state index contributed by atoms with van der Waals surface area (Å²) in [6.07, 6.45) is 3.89. The van der Waals surface area contributed by atoms with Gasteiger partial charge in [0.25, 0.3) is 0 Å². The molecule has 0 saturated carbocycles. The standard InChI is InChI=1S/C14H27N3OS/c1-4-5-11(12(15)19)13(18)16-10-14(2)6-8-17(3)9-7-14/h11H,4-10H2,1-3H3,(H2,15,19)(H,16,18). The summed E-state index contributed by atoms with van der Waals surface area (Å²) in [6, 6.07) is 0. The van der Waals surface area contributed by atoms with Crippen molar-refractivity contribution in [1.29, 1.82) is 0 Å². The number of nitrogens with zero attached hydrogens (tertiary/aromatic N) is 1. The van der Waals surface area contributed by atoms with Crippen LogP contribution in [0.5, 0.6) is 0 Å². The van der Waals surface area contributed by atoms with E-state index in [1.165, 1.54) is 0 Å². The second-order valence-electron chi connectivity index (χ2n) is 6.08. The van der Waals surface area contributed by atoms with Crippen LogP contribution in [-0.4, -0.2) is 42.5 Å². The molecule has 0 aromatic rings. The second kappa shape index (κ2) is 7.20. The quantitative estimate of drug-likeness (QED) is 0.727. The third kappa shape index (κ3) is 5.07. The molecule has 1 atom stereocenters. The number of nitrogens with one attached hydrogen (secondary N) is 1. The Morgan fingerprint density at radius 2 is 2.05 bits per heavy atom. The minimum atomic E-state index is -0.310. The van der Waals surface area contributed by atoms with Crippen LogP contribution in [0.25, 0.3) is 0 Å². The number of amides is 1. The number of carbonyl (C=O) groups excluding carboxylic acids is 1. The van der Waals surface area contributed by atoms with Gasteiger partial charge in [-0.3, -0.25) is 4.79 Å². The van der Waals surface area contributed by atoms with Gasteiger partial charge in [-0.05, 0) is 44.8 Å². The van der Waals surface area contributed by atoms with Crippen LogP contribution in [0.15, 0.2) is 0 Å². The molecule has 0 spiro atoms. The van der Waals surface area contributed by atoms with Crippen molar-refractivity contribution in [3.8, 4) is 0 Å². The Morgan fingerprint density at radius 1 is 1.47 bits per heavy atom. The number of thiocarbonyl (C=S) groups is 1. The maximum absolute atomic E-state index is 12.1. The zero-order valence-electron chi connectivity index (χ0n) is 12.4. The highest BCUT2D eigenvalue weighted by molar-refractivity contribution is 7.80. The number of carbonyl (C=O) groups is 1. The molecular formula is C14H27N3OS. The maximum Gasteiger partial charge on any atom is 0.229 e. The monoisotopic (exact) mass is 285 g/mol. The fraction of sp³-hybridized carbons (Fsp3) is 0.857.